The first-order valence-electron chi connectivity index (χ1n) is 11.1. The molecule has 3 aromatic rings. The minimum atomic E-state index is -4.58. The van der Waals surface area contributed by atoms with Crippen molar-refractivity contribution < 1.29 is 32.3 Å². The molecule has 1 aliphatic rings. The van der Waals surface area contributed by atoms with Crippen LogP contribution < -0.4 is 10.1 Å². The number of nitrogens with one attached hydrogen (secondary N) is 1. The number of halogens is 3. The summed E-state index contributed by atoms with van der Waals surface area (Å²) in [6.45, 7) is -0.445. The Balaban J connectivity index is 1.37. The van der Waals surface area contributed by atoms with Gasteiger partial charge in [-0.05, 0) is 59.8 Å². The van der Waals surface area contributed by atoms with Crippen molar-refractivity contribution in [2.45, 2.75) is 12.8 Å². The number of benzene rings is 3. The third-order valence-corrected chi connectivity index (χ3v) is 6.27. The highest BCUT2D eigenvalue weighted by molar-refractivity contribution is 8.18. The van der Waals surface area contributed by atoms with Gasteiger partial charge in [0, 0.05) is 11.3 Å². The van der Waals surface area contributed by atoms with Crippen LogP contribution >= 0.6 is 11.8 Å². The summed E-state index contributed by atoms with van der Waals surface area (Å²) >= 11 is 0.654. The van der Waals surface area contributed by atoms with E-state index in [9.17, 15) is 27.6 Å². The molecule has 0 aliphatic carbocycles. The average Bonchev–Trinajstić information content (AvgIpc) is 3.15. The Bertz CT molecular complexity index is 1460. The van der Waals surface area contributed by atoms with Crippen molar-refractivity contribution in [1.29, 1.82) is 5.26 Å². The van der Waals surface area contributed by atoms with Crippen molar-refractivity contribution in [2.24, 2.45) is 0 Å². The molecule has 0 radical (unpaired) electrons. The molecule has 7 nitrogen and oxygen atoms in total. The molecule has 11 heteroatoms. The van der Waals surface area contributed by atoms with Gasteiger partial charge in [-0.2, -0.15) is 18.4 Å². The number of carbonyl (C=O) groups excluding carboxylic acids is 3. The predicted octanol–water partition coefficient (Wildman–Crippen LogP) is 5.83. The number of amides is 3. The molecule has 3 aromatic carbocycles. The fourth-order valence-corrected chi connectivity index (χ4v) is 4.32. The van der Waals surface area contributed by atoms with Crippen LogP contribution in [0.3, 0.4) is 0 Å². The number of hydrogen-bond acceptors (Lipinski definition) is 6. The highest BCUT2D eigenvalue weighted by Gasteiger charge is 2.36. The molecule has 0 unspecified atom stereocenters. The van der Waals surface area contributed by atoms with E-state index in [1.165, 1.54) is 12.1 Å². The number of anilines is 1. The summed E-state index contributed by atoms with van der Waals surface area (Å²) in [5, 5.41) is 10.8. The van der Waals surface area contributed by atoms with E-state index in [1.807, 2.05) is 6.07 Å². The monoisotopic (exact) mass is 537 g/mol. The van der Waals surface area contributed by atoms with Crippen LogP contribution in [0.5, 0.6) is 5.75 Å². The lowest BCUT2D eigenvalue weighted by atomic mass is 10.1. The maximum absolute atomic E-state index is 12.9. The molecular weight excluding hydrogens is 519 g/mol. The zero-order valence-electron chi connectivity index (χ0n) is 19.5. The van der Waals surface area contributed by atoms with E-state index >= 15 is 0 Å². The maximum atomic E-state index is 12.9. The summed E-state index contributed by atoms with van der Waals surface area (Å²) in [5.74, 6) is -0.964. The highest BCUT2D eigenvalue weighted by Crippen LogP contribution is 2.33. The lowest BCUT2D eigenvalue weighted by Crippen LogP contribution is -2.36. The molecule has 3 amide bonds. The SMILES string of the molecule is N#Cc1ccccc1COc1ccc(/C=C2\SC(=O)N(CC(=O)Nc3cccc(C(F)(F)F)c3)C2=O)cc1. The average molecular weight is 538 g/mol. The highest BCUT2D eigenvalue weighted by atomic mass is 32.2. The van der Waals surface area contributed by atoms with Gasteiger partial charge >= 0.3 is 6.18 Å². The summed E-state index contributed by atoms with van der Waals surface area (Å²) in [6.07, 6.45) is -3.09. The van der Waals surface area contributed by atoms with Gasteiger partial charge in [0.15, 0.2) is 0 Å². The van der Waals surface area contributed by atoms with Crippen LogP contribution in [0.25, 0.3) is 6.08 Å². The lowest BCUT2D eigenvalue weighted by molar-refractivity contribution is -0.137. The number of nitrogens with zero attached hydrogens (tertiary/aromatic N) is 2. The fourth-order valence-electron chi connectivity index (χ4n) is 3.48. The summed E-state index contributed by atoms with van der Waals surface area (Å²) in [6, 6.07) is 19.9. The van der Waals surface area contributed by atoms with Crippen LogP contribution in [0.1, 0.15) is 22.3 Å². The Kier molecular flexibility index (Phi) is 7.83. The molecule has 0 atom stereocenters. The Labute approximate surface area is 219 Å². The number of thioether (sulfide) groups is 1. The smallest absolute Gasteiger partial charge is 0.416 e. The van der Waals surface area contributed by atoms with E-state index in [1.54, 1.807) is 42.5 Å². The summed E-state index contributed by atoms with van der Waals surface area (Å²) in [7, 11) is 0. The van der Waals surface area contributed by atoms with Crippen LogP contribution in [0.4, 0.5) is 23.7 Å². The quantitative estimate of drug-likeness (QED) is 0.381. The van der Waals surface area contributed by atoms with Crippen molar-refractivity contribution in [2.75, 3.05) is 11.9 Å². The van der Waals surface area contributed by atoms with Gasteiger partial charge in [0.05, 0.1) is 22.1 Å². The van der Waals surface area contributed by atoms with Gasteiger partial charge in [-0.1, -0.05) is 36.4 Å². The van der Waals surface area contributed by atoms with E-state index in [-0.39, 0.29) is 17.2 Å². The largest absolute Gasteiger partial charge is 0.489 e. The van der Waals surface area contributed by atoms with Crippen LogP contribution in [-0.4, -0.2) is 28.5 Å². The van der Waals surface area contributed by atoms with Crippen molar-refractivity contribution in [3.63, 3.8) is 0 Å². The number of rotatable bonds is 7. The molecule has 192 valence electrons. The molecule has 1 heterocycles. The minimum absolute atomic E-state index is 0.0958. The first-order valence-corrected chi connectivity index (χ1v) is 11.9. The normalized spacial score (nSPS) is 14.5. The summed E-state index contributed by atoms with van der Waals surface area (Å²) in [4.78, 5) is 38.2. The molecule has 1 N–H and O–H groups in total. The molecule has 4 rings (SSSR count). The molecule has 1 saturated heterocycles. The number of nitriles is 1. The first kappa shape index (κ1) is 26.5. The van der Waals surface area contributed by atoms with Gasteiger partial charge in [0.25, 0.3) is 11.1 Å². The Morgan fingerprint density at radius 2 is 1.79 bits per heavy atom. The number of ether oxygens (including phenoxy) is 1. The minimum Gasteiger partial charge on any atom is -0.489 e. The van der Waals surface area contributed by atoms with Crippen molar-refractivity contribution in [3.8, 4) is 11.8 Å². The van der Waals surface area contributed by atoms with Gasteiger partial charge in [0.1, 0.15) is 18.9 Å². The summed E-state index contributed by atoms with van der Waals surface area (Å²) in [5.41, 5.74) is 0.820. The molecule has 0 saturated carbocycles. The van der Waals surface area contributed by atoms with Crippen molar-refractivity contribution >= 4 is 40.6 Å². The number of imide groups is 1. The third kappa shape index (κ3) is 6.41. The van der Waals surface area contributed by atoms with E-state index in [4.69, 9.17) is 10.00 Å². The van der Waals surface area contributed by atoms with Crippen molar-refractivity contribution in [1.82, 2.24) is 4.90 Å². The van der Waals surface area contributed by atoms with Crippen LogP contribution in [0.2, 0.25) is 0 Å². The molecule has 1 aliphatic heterocycles. The van der Waals surface area contributed by atoms with Gasteiger partial charge in [-0.3, -0.25) is 19.3 Å². The van der Waals surface area contributed by atoms with E-state index in [0.29, 0.717) is 28.6 Å². The van der Waals surface area contributed by atoms with E-state index < -0.39 is 35.3 Å². The van der Waals surface area contributed by atoms with Gasteiger partial charge in [-0.25, -0.2) is 0 Å². The predicted molar refractivity (Wildman–Crippen MR) is 135 cm³/mol. The Morgan fingerprint density at radius 3 is 2.50 bits per heavy atom. The standard InChI is InChI=1S/C27H18F3N3O4S/c28-27(29,30)20-6-3-7-21(13-20)32-24(34)15-33-25(35)23(38-26(33)36)12-17-8-10-22(11-9-17)37-16-19-5-2-1-4-18(19)14-31/h1-13H,15-16H2,(H,32,34)/b23-12-. The second kappa shape index (κ2) is 11.2. The van der Waals surface area contributed by atoms with Crippen LogP contribution in [0.15, 0.2) is 77.7 Å². The second-order valence-electron chi connectivity index (χ2n) is 8.02. The lowest BCUT2D eigenvalue weighted by Gasteiger charge is -2.13. The van der Waals surface area contributed by atoms with E-state index in [0.717, 1.165) is 28.7 Å². The zero-order chi connectivity index (χ0) is 27.3. The Hall–Kier alpha value is -4.56. The molecule has 0 spiro atoms. The number of hydrogen-bond donors (Lipinski definition) is 1. The number of carbonyl (C=O) groups is 3. The molecule has 0 aromatic heterocycles. The van der Waals surface area contributed by atoms with Gasteiger partial charge in [-0.15, -0.1) is 0 Å². The summed E-state index contributed by atoms with van der Waals surface area (Å²) < 4.78 is 44.4. The fraction of sp³-hybridized carbons (Fsp3) is 0.111. The number of alkyl halides is 3. The van der Waals surface area contributed by atoms with Crippen LogP contribution in [-0.2, 0) is 22.4 Å². The molecule has 0 bridgehead atoms. The van der Waals surface area contributed by atoms with E-state index in [2.05, 4.69) is 11.4 Å². The second-order valence-corrected chi connectivity index (χ2v) is 9.01. The molecule has 38 heavy (non-hydrogen) atoms. The molecule has 1 fully saturated rings. The topological polar surface area (TPSA) is 99.5 Å². The molecular formula is C27H18F3N3O4S. The van der Waals surface area contributed by atoms with Gasteiger partial charge in [0.2, 0.25) is 5.91 Å². The first-order chi connectivity index (χ1) is 18.1. The third-order valence-electron chi connectivity index (χ3n) is 5.36. The Morgan fingerprint density at radius 1 is 1.05 bits per heavy atom. The van der Waals surface area contributed by atoms with Gasteiger partial charge < -0.3 is 10.1 Å². The maximum Gasteiger partial charge on any atom is 0.416 e. The van der Waals surface area contributed by atoms with Crippen molar-refractivity contribution in [3.05, 3.63) is 100.0 Å². The van der Waals surface area contributed by atoms with Crippen LogP contribution in [0, 0.1) is 11.3 Å². The zero-order valence-corrected chi connectivity index (χ0v) is 20.3.